The Balaban J connectivity index is 1.85. The fourth-order valence-electron chi connectivity index (χ4n) is 3.13. The molecule has 0 saturated heterocycles. The van der Waals surface area contributed by atoms with Crippen LogP contribution >= 0.6 is 0 Å². The van der Waals surface area contributed by atoms with Gasteiger partial charge in [0, 0.05) is 25.5 Å². The van der Waals surface area contributed by atoms with Crippen LogP contribution in [0.15, 0.2) is 24.6 Å². The van der Waals surface area contributed by atoms with E-state index in [0.717, 1.165) is 13.1 Å². The number of allylic oxidation sites excluding steroid dienone is 2. The zero-order valence-corrected chi connectivity index (χ0v) is 15.3. The quantitative estimate of drug-likeness (QED) is 0.333. The van der Waals surface area contributed by atoms with Crippen molar-refractivity contribution in [3.8, 4) is 0 Å². The van der Waals surface area contributed by atoms with Crippen molar-refractivity contribution in [3.63, 3.8) is 0 Å². The molecule has 1 aliphatic heterocycles. The van der Waals surface area contributed by atoms with E-state index in [1.165, 1.54) is 77.0 Å². The number of nitrogens with one attached hydrogen (secondary N) is 1. The van der Waals surface area contributed by atoms with Gasteiger partial charge in [0.1, 0.15) is 0 Å². The Bertz CT molecular complexity index is 312. The minimum absolute atomic E-state index is 0.468. The normalized spacial score (nSPS) is 17.3. The van der Waals surface area contributed by atoms with Crippen molar-refractivity contribution in [2.75, 3.05) is 13.1 Å². The molecule has 0 radical (unpaired) electrons. The van der Waals surface area contributed by atoms with Crippen molar-refractivity contribution in [2.45, 2.75) is 90.1 Å². The minimum Gasteiger partial charge on any atom is -0.370 e. The molecule has 0 fully saturated rings. The molecule has 0 bridgehead atoms. The molecular weight excluding hydrogens is 282 g/mol. The highest BCUT2D eigenvalue weighted by atomic mass is 15.3. The number of nitrogens with two attached hydrogens (primary N) is 1. The third kappa shape index (κ3) is 10.4. The number of rotatable bonds is 15. The topological polar surface area (TPSA) is 41.3 Å². The van der Waals surface area contributed by atoms with Crippen molar-refractivity contribution < 1.29 is 0 Å². The maximum Gasteiger partial charge on any atom is 0.0981 e. The van der Waals surface area contributed by atoms with Gasteiger partial charge < -0.3 is 16.0 Å². The van der Waals surface area contributed by atoms with Crippen LogP contribution in [0.2, 0.25) is 0 Å². The highest BCUT2D eigenvalue weighted by Gasteiger charge is 2.16. The molecule has 0 aromatic heterocycles. The summed E-state index contributed by atoms with van der Waals surface area (Å²) in [6, 6.07) is 0. The zero-order chi connectivity index (χ0) is 16.6. The van der Waals surface area contributed by atoms with Gasteiger partial charge in [-0.3, -0.25) is 0 Å². The highest BCUT2D eigenvalue weighted by Crippen LogP contribution is 2.13. The van der Waals surface area contributed by atoms with E-state index in [-0.39, 0.29) is 0 Å². The van der Waals surface area contributed by atoms with Crippen molar-refractivity contribution in [1.29, 1.82) is 0 Å². The molecular formula is C20H39N3. The molecule has 3 nitrogen and oxygen atoms in total. The van der Waals surface area contributed by atoms with Crippen molar-refractivity contribution >= 4 is 0 Å². The number of hydrogen-bond acceptors (Lipinski definition) is 3. The summed E-state index contributed by atoms with van der Waals surface area (Å²) in [6.45, 7) is 3.96. The predicted octanol–water partition coefficient (Wildman–Crippen LogP) is 4.90. The van der Waals surface area contributed by atoms with Crippen LogP contribution in [0.1, 0.15) is 84.0 Å². The van der Waals surface area contributed by atoms with Crippen LogP contribution < -0.4 is 11.1 Å². The Kier molecular flexibility index (Phi) is 12.8. The second-order valence-electron chi connectivity index (χ2n) is 6.69. The predicted molar refractivity (Wildman–Crippen MR) is 102 cm³/mol. The molecule has 0 aromatic rings. The van der Waals surface area contributed by atoms with E-state index < -0.39 is 0 Å². The molecule has 0 saturated carbocycles. The van der Waals surface area contributed by atoms with E-state index >= 15 is 0 Å². The summed E-state index contributed by atoms with van der Waals surface area (Å²) in [5.74, 6) is 0. The van der Waals surface area contributed by atoms with Crippen LogP contribution in [-0.4, -0.2) is 24.2 Å². The van der Waals surface area contributed by atoms with Gasteiger partial charge in [-0.05, 0) is 38.5 Å². The second kappa shape index (κ2) is 14.6. The average Bonchev–Trinajstić information content (AvgIpc) is 2.99. The Labute approximate surface area is 144 Å². The first-order chi connectivity index (χ1) is 11.4. The van der Waals surface area contributed by atoms with E-state index in [9.17, 15) is 0 Å². The summed E-state index contributed by atoms with van der Waals surface area (Å²) >= 11 is 0. The summed E-state index contributed by atoms with van der Waals surface area (Å²) in [6.07, 6.45) is 25.5. The fourth-order valence-corrected chi connectivity index (χ4v) is 3.13. The molecule has 1 atom stereocenters. The third-order valence-corrected chi connectivity index (χ3v) is 4.58. The molecule has 0 amide bonds. The first-order valence-electron chi connectivity index (χ1n) is 9.92. The lowest BCUT2D eigenvalue weighted by molar-refractivity contribution is 0.265. The largest absolute Gasteiger partial charge is 0.370 e. The van der Waals surface area contributed by atoms with Gasteiger partial charge in [-0.1, -0.05) is 57.6 Å². The monoisotopic (exact) mass is 321 g/mol. The Morgan fingerprint density at radius 2 is 1.61 bits per heavy atom. The van der Waals surface area contributed by atoms with Gasteiger partial charge in [0.25, 0.3) is 0 Å². The summed E-state index contributed by atoms with van der Waals surface area (Å²) in [4.78, 5) is 2.32. The summed E-state index contributed by atoms with van der Waals surface area (Å²) in [7, 11) is 0. The minimum atomic E-state index is 0.468. The van der Waals surface area contributed by atoms with Gasteiger partial charge in [0.15, 0.2) is 0 Å². The third-order valence-electron chi connectivity index (χ3n) is 4.58. The SMILES string of the molecule is CCCCCCCCC/C=C/CCCCC1NC=CN1CCN. The van der Waals surface area contributed by atoms with E-state index in [4.69, 9.17) is 5.73 Å². The van der Waals surface area contributed by atoms with Crippen LogP contribution in [0.4, 0.5) is 0 Å². The number of unbranched alkanes of at least 4 members (excludes halogenated alkanes) is 9. The van der Waals surface area contributed by atoms with Gasteiger partial charge in [-0.25, -0.2) is 0 Å². The fraction of sp³-hybridized carbons (Fsp3) is 0.800. The number of nitrogens with zero attached hydrogens (tertiary/aromatic N) is 1. The van der Waals surface area contributed by atoms with Crippen LogP contribution in [0.3, 0.4) is 0 Å². The summed E-state index contributed by atoms with van der Waals surface area (Å²) < 4.78 is 0. The molecule has 0 spiro atoms. The average molecular weight is 322 g/mol. The highest BCUT2D eigenvalue weighted by molar-refractivity contribution is 4.94. The molecule has 3 N–H and O–H groups in total. The van der Waals surface area contributed by atoms with Crippen molar-refractivity contribution in [2.24, 2.45) is 5.73 Å². The lowest BCUT2D eigenvalue weighted by atomic mass is 10.1. The standard InChI is InChI=1S/C20H39N3/c1-2-3-4-5-6-7-8-9-10-11-12-13-14-15-20-22-17-19-23(20)18-16-21/h10-11,17,19-20,22H,2-9,12-16,18,21H2,1H3/b11-10+. The number of hydrogen-bond donors (Lipinski definition) is 2. The molecule has 1 rings (SSSR count). The van der Waals surface area contributed by atoms with Crippen molar-refractivity contribution in [3.05, 3.63) is 24.6 Å². The van der Waals surface area contributed by atoms with Crippen LogP contribution in [0.25, 0.3) is 0 Å². The Morgan fingerprint density at radius 3 is 2.30 bits per heavy atom. The maximum atomic E-state index is 5.63. The molecule has 1 aliphatic rings. The Hall–Kier alpha value is -0.960. The van der Waals surface area contributed by atoms with Gasteiger partial charge in [0.05, 0.1) is 6.17 Å². The summed E-state index contributed by atoms with van der Waals surface area (Å²) in [5.41, 5.74) is 5.63. The lowest BCUT2D eigenvalue weighted by Gasteiger charge is -2.24. The molecule has 134 valence electrons. The van der Waals surface area contributed by atoms with Crippen LogP contribution in [0.5, 0.6) is 0 Å². The van der Waals surface area contributed by atoms with Crippen LogP contribution in [-0.2, 0) is 0 Å². The van der Waals surface area contributed by atoms with E-state index in [1.807, 2.05) is 6.20 Å². The smallest absolute Gasteiger partial charge is 0.0981 e. The van der Waals surface area contributed by atoms with E-state index in [0.29, 0.717) is 6.17 Å². The second-order valence-corrected chi connectivity index (χ2v) is 6.69. The molecule has 3 heteroatoms. The molecule has 1 heterocycles. The maximum absolute atomic E-state index is 5.63. The van der Waals surface area contributed by atoms with Crippen molar-refractivity contribution in [1.82, 2.24) is 10.2 Å². The van der Waals surface area contributed by atoms with Crippen LogP contribution in [0, 0.1) is 0 Å². The first kappa shape index (κ1) is 20.1. The molecule has 23 heavy (non-hydrogen) atoms. The molecule has 0 aromatic carbocycles. The van der Waals surface area contributed by atoms with E-state index in [2.05, 4.69) is 35.5 Å². The van der Waals surface area contributed by atoms with E-state index in [1.54, 1.807) is 0 Å². The zero-order valence-electron chi connectivity index (χ0n) is 15.3. The van der Waals surface area contributed by atoms with Gasteiger partial charge in [-0.15, -0.1) is 0 Å². The van der Waals surface area contributed by atoms with Gasteiger partial charge in [0.2, 0.25) is 0 Å². The molecule has 0 aliphatic carbocycles. The lowest BCUT2D eigenvalue weighted by Crippen LogP contribution is -2.37. The Morgan fingerprint density at radius 1 is 0.957 bits per heavy atom. The molecule has 1 unspecified atom stereocenters. The first-order valence-corrected chi connectivity index (χ1v) is 9.92. The summed E-state index contributed by atoms with van der Waals surface area (Å²) in [5, 5.41) is 3.41. The van der Waals surface area contributed by atoms with Gasteiger partial charge >= 0.3 is 0 Å². The van der Waals surface area contributed by atoms with Gasteiger partial charge in [-0.2, -0.15) is 0 Å².